The van der Waals surface area contributed by atoms with Crippen LogP contribution in [0.4, 0.5) is 0 Å². The topological polar surface area (TPSA) is 87.5 Å². The molecule has 0 spiro atoms. The molecule has 6 nitrogen and oxygen atoms in total. The predicted octanol–water partition coefficient (Wildman–Crippen LogP) is 0.629. The smallest absolute Gasteiger partial charge is 0.255 e. The van der Waals surface area contributed by atoms with E-state index in [1.807, 2.05) is 19.0 Å². The molecule has 2 amide bonds. The van der Waals surface area contributed by atoms with Gasteiger partial charge in [0.05, 0.1) is 6.04 Å². The standard InChI is InChI=1S/C14H30N4O2/c1-11(2)10-12(18(3)4)14(20)17-16-13(19)8-6-5-7-9-15/h11-12H,5-10,15H2,1-4H3,(H,16,19)(H,17,20)/t12-/m1/s1. The summed E-state index contributed by atoms with van der Waals surface area (Å²) in [6.07, 6.45) is 3.83. The Hall–Kier alpha value is -1.14. The van der Waals surface area contributed by atoms with Gasteiger partial charge in [-0.1, -0.05) is 20.3 Å². The van der Waals surface area contributed by atoms with Gasteiger partial charge in [0.15, 0.2) is 0 Å². The average Bonchev–Trinajstić information content (AvgIpc) is 2.37. The zero-order valence-corrected chi connectivity index (χ0v) is 13.2. The molecule has 0 heterocycles. The Morgan fingerprint density at radius 3 is 2.25 bits per heavy atom. The molecule has 6 heteroatoms. The molecule has 0 aliphatic rings. The van der Waals surface area contributed by atoms with Crippen molar-refractivity contribution in [3.8, 4) is 0 Å². The van der Waals surface area contributed by atoms with Gasteiger partial charge in [0, 0.05) is 6.42 Å². The van der Waals surface area contributed by atoms with Crippen molar-refractivity contribution in [3.05, 3.63) is 0 Å². The van der Waals surface area contributed by atoms with Crippen molar-refractivity contribution in [3.63, 3.8) is 0 Å². The van der Waals surface area contributed by atoms with Crippen LogP contribution in [0.3, 0.4) is 0 Å². The SMILES string of the molecule is CC(C)C[C@H](C(=O)NNC(=O)CCCCCN)N(C)C. The van der Waals surface area contributed by atoms with Gasteiger partial charge in [-0.3, -0.25) is 25.3 Å². The normalized spacial score (nSPS) is 12.6. The number of likely N-dealkylation sites (N-methyl/N-ethyl adjacent to an activating group) is 1. The van der Waals surface area contributed by atoms with Gasteiger partial charge >= 0.3 is 0 Å². The molecule has 0 rings (SSSR count). The van der Waals surface area contributed by atoms with E-state index in [9.17, 15) is 9.59 Å². The van der Waals surface area contributed by atoms with E-state index in [2.05, 4.69) is 24.7 Å². The highest BCUT2D eigenvalue weighted by molar-refractivity contribution is 5.85. The maximum atomic E-state index is 12.0. The zero-order valence-electron chi connectivity index (χ0n) is 13.2. The minimum absolute atomic E-state index is 0.155. The van der Waals surface area contributed by atoms with E-state index in [-0.39, 0.29) is 17.9 Å². The Morgan fingerprint density at radius 1 is 1.10 bits per heavy atom. The maximum absolute atomic E-state index is 12.0. The first-order chi connectivity index (χ1) is 9.38. The van der Waals surface area contributed by atoms with Crippen LogP contribution in [0.25, 0.3) is 0 Å². The molecule has 118 valence electrons. The van der Waals surface area contributed by atoms with Gasteiger partial charge in [0.1, 0.15) is 0 Å². The van der Waals surface area contributed by atoms with E-state index in [0.29, 0.717) is 18.9 Å². The number of carbonyl (C=O) groups is 2. The third kappa shape index (κ3) is 8.87. The minimum Gasteiger partial charge on any atom is -0.330 e. The lowest BCUT2D eigenvalue weighted by Crippen LogP contribution is -2.51. The van der Waals surface area contributed by atoms with E-state index in [1.54, 1.807) is 0 Å². The van der Waals surface area contributed by atoms with Crippen LogP contribution in [-0.4, -0.2) is 43.4 Å². The van der Waals surface area contributed by atoms with Crippen LogP contribution < -0.4 is 16.6 Å². The second-order valence-corrected chi connectivity index (χ2v) is 5.75. The molecule has 0 saturated heterocycles. The van der Waals surface area contributed by atoms with E-state index >= 15 is 0 Å². The Labute approximate surface area is 122 Å². The van der Waals surface area contributed by atoms with Crippen LogP contribution in [0.2, 0.25) is 0 Å². The molecular formula is C14H30N4O2. The highest BCUT2D eigenvalue weighted by Gasteiger charge is 2.22. The van der Waals surface area contributed by atoms with Crippen molar-refractivity contribution >= 4 is 11.8 Å². The quantitative estimate of drug-likeness (QED) is 0.428. The van der Waals surface area contributed by atoms with Crippen molar-refractivity contribution in [1.82, 2.24) is 15.8 Å². The van der Waals surface area contributed by atoms with E-state index in [1.165, 1.54) is 0 Å². The summed E-state index contributed by atoms with van der Waals surface area (Å²) < 4.78 is 0. The predicted molar refractivity (Wildman–Crippen MR) is 80.7 cm³/mol. The van der Waals surface area contributed by atoms with Gasteiger partial charge in [-0.05, 0) is 45.8 Å². The first-order valence-corrected chi connectivity index (χ1v) is 7.33. The second-order valence-electron chi connectivity index (χ2n) is 5.75. The van der Waals surface area contributed by atoms with Crippen molar-refractivity contribution in [1.29, 1.82) is 0 Å². The average molecular weight is 286 g/mol. The molecule has 0 aromatic heterocycles. The number of amides is 2. The van der Waals surface area contributed by atoms with Gasteiger partial charge in [-0.25, -0.2) is 0 Å². The highest BCUT2D eigenvalue weighted by atomic mass is 16.2. The lowest BCUT2D eigenvalue weighted by atomic mass is 10.0. The first-order valence-electron chi connectivity index (χ1n) is 7.33. The number of carbonyl (C=O) groups excluding carboxylic acids is 2. The first kappa shape index (κ1) is 18.9. The van der Waals surface area contributed by atoms with Gasteiger partial charge in [-0.15, -0.1) is 0 Å². The Morgan fingerprint density at radius 2 is 1.75 bits per heavy atom. The molecule has 0 fully saturated rings. The van der Waals surface area contributed by atoms with Crippen LogP contribution in [0.15, 0.2) is 0 Å². The third-order valence-corrected chi connectivity index (χ3v) is 3.05. The van der Waals surface area contributed by atoms with Crippen LogP contribution in [0.1, 0.15) is 46.0 Å². The van der Waals surface area contributed by atoms with Crippen molar-refractivity contribution in [2.24, 2.45) is 11.7 Å². The molecule has 0 bridgehead atoms. The summed E-state index contributed by atoms with van der Waals surface area (Å²) in [4.78, 5) is 25.4. The number of nitrogens with two attached hydrogens (primary N) is 1. The molecule has 0 aromatic rings. The van der Waals surface area contributed by atoms with Crippen LogP contribution in [-0.2, 0) is 9.59 Å². The maximum Gasteiger partial charge on any atom is 0.255 e. The molecule has 20 heavy (non-hydrogen) atoms. The third-order valence-electron chi connectivity index (χ3n) is 3.05. The van der Waals surface area contributed by atoms with Crippen molar-refractivity contribution < 1.29 is 9.59 Å². The van der Waals surface area contributed by atoms with Crippen LogP contribution in [0, 0.1) is 5.92 Å². The molecular weight excluding hydrogens is 256 g/mol. The molecule has 0 aromatic carbocycles. The zero-order chi connectivity index (χ0) is 15.5. The number of nitrogens with one attached hydrogen (secondary N) is 2. The number of rotatable bonds is 9. The fraction of sp³-hybridized carbons (Fsp3) is 0.857. The van der Waals surface area contributed by atoms with Crippen LogP contribution >= 0.6 is 0 Å². The van der Waals surface area contributed by atoms with Gasteiger partial charge < -0.3 is 5.73 Å². The highest BCUT2D eigenvalue weighted by Crippen LogP contribution is 2.08. The summed E-state index contributed by atoms with van der Waals surface area (Å²) in [5.41, 5.74) is 10.4. The van der Waals surface area contributed by atoms with Crippen molar-refractivity contribution in [2.75, 3.05) is 20.6 Å². The Bertz CT molecular complexity index is 293. The summed E-state index contributed by atoms with van der Waals surface area (Å²) in [7, 11) is 3.72. The Balaban J connectivity index is 4.02. The van der Waals surface area contributed by atoms with E-state index < -0.39 is 0 Å². The number of hydrazine groups is 1. The molecule has 0 aliphatic heterocycles. The molecule has 0 saturated carbocycles. The van der Waals surface area contributed by atoms with Crippen molar-refractivity contribution in [2.45, 2.75) is 52.0 Å². The number of hydrogen-bond donors (Lipinski definition) is 3. The molecule has 4 N–H and O–H groups in total. The summed E-state index contributed by atoms with van der Waals surface area (Å²) in [5.74, 6) is 0.0940. The summed E-state index contributed by atoms with van der Waals surface area (Å²) in [6, 6.07) is -0.229. The van der Waals surface area contributed by atoms with Gasteiger partial charge in [-0.2, -0.15) is 0 Å². The lowest BCUT2D eigenvalue weighted by molar-refractivity contribution is -0.132. The number of unbranched alkanes of at least 4 members (excludes halogenated alkanes) is 2. The summed E-state index contributed by atoms with van der Waals surface area (Å²) in [5, 5.41) is 0. The number of hydrogen-bond acceptors (Lipinski definition) is 4. The van der Waals surface area contributed by atoms with E-state index in [0.717, 1.165) is 25.7 Å². The fourth-order valence-corrected chi connectivity index (χ4v) is 1.88. The largest absolute Gasteiger partial charge is 0.330 e. The van der Waals surface area contributed by atoms with E-state index in [4.69, 9.17) is 5.73 Å². The monoisotopic (exact) mass is 286 g/mol. The fourth-order valence-electron chi connectivity index (χ4n) is 1.88. The Kier molecular flexibility index (Phi) is 10.0. The molecule has 0 aliphatic carbocycles. The molecule has 1 atom stereocenters. The number of nitrogens with zero attached hydrogens (tertiary/aromatic N) is 1. The summed E-state index contributed by atoms with van der Waals surface area (Å²) in [6.45, 7) is 4.79. The second kappa shape index (κ2) is 10.6. The van der Waals surface area contributed by atoms with Gasteiger partial charge in [0.25, 0.3) is 5.91 Å². The molecule has 0 radical (unpaired) electrons. The lowest BCUT2D eigenvalue weighted by Gasteiger charge is -2.24. The summed E-state index contributed by atoms with van der Waals surface area (Å²) >= 11 is 0. The van der Waals surface area contributed by atoms with Crippen LogP contribution in [0.5, 0.6) is 0 Å². The molecule has 0 unspecified atom stereocenters. The minimum atomic E-state index is -0.229. The van der Waals surface area contributed by atoms with Gasteiger partial charge in [0.2, 0.25) is 5.91 Å².